The Morgan fingerprint density at radius 2 is 1.92 bits per heavy atom. The third kappa shape index (κ3) is 2.57. The maximum atomic E-state index is 10.3. The van der Waals surface area contributed by atoms with Gasteiger partial charge in [-0.05, 0) is 23.9 Å². The third-order valence-electron chi connectivity index (χ3n) is 1.43. The second kappa shape index (κ2) is 3.51. The lowest BCUT2D eigenvalue weighted by molar-refractivity contribution is -0.384. The van der Waals surface area contributed by atoms with Crippen LogP contribution in [0.2, 0.25) is 0 Å². The fraction of sp³-hybridized carbons (Fsp3) is 0. The summed E-state index contributed by atoms with van der Waals surface area (Å²) in [6.07, 6.45) is -2.96. The number of hydrogen-bond acceptors (Lipinski definition) is 3. The number of rotatable bonds is 2. The Bertz CT molecular complexity index is 372. The Morgan fingerprint density at radius 3 is 2.23 bits per heavy atom. The molecule has 3 N–H and O–H groups in total. The fourth-order valence-electron chi connectivity index (χ4n) is 0.788. The Hall–Kier alpha value is -0.810. The van der Waals surface area contributed by atoms with Gasteiger partial charge in [-0.2, -0.15) is 0 Å². The van der Waals surface area contributed by atoms with E-state index in [0.29, 0.717) is 5.30 Å². The quantitative estimate of drug-likeness (QED) is 0.428. The van der Waals surface area contributed by atoms with Gasteiger partial charge in [0.1, 0.15) is 0 Å². The van der Waals surface area contributed by atoms with E-state index in [-0.39, 0.29) is 5.69 Å². The molecule has 0 saturated heterocycles. The zero-order valence-corrected chi connectivity index (χ0v) is 8.16. The molecule has 13 heavy (non-hydrogen) atoms. The molecule has 1 unspecified atom stereocenters. The average Bonchev–Trinajstić information content (AvgIpc) is 2.03. The van der Waals surface area contributed by atoms with Crippen molar-refractivity contribution in [3.05, 3.63) is 34.4 Å². The summed E-state index contributed by atoms with van der Waals surface area (Å²) in [6.45, 7) is 0. The van der Waals surface area contributed by atoms with Crippen LogP contribution in [-0.2, 0) is 11.8 Å². The van der Waals surface area contributed by atoms with E-state index in [1.807, 2.05) is 0 Å². The lowest BCUT2D eigenvalue weighted by Crippen LogP contribution is -2.10. The number of nitro benzene ring substituents is 1. The number of non-ortho nitro benzene ring substituents is 1. The smallest absolute Gasteiger partial charge is 0.269 e. The first-order chi connectivity index (χ1) is 5.91. The van der Waals surface area contributed by atoms with E-state index in [9.17, 15) is 15.0 Å². The molecular formula is C6H7N2O3PS. The van der Waals surface area contributed by atoms with Gasteiger partial charge >= 0.3 is 0 Å². The molecule has 1 aromatic carbocycles. The molecule has 0 aliphatic rings. The van der Waals surface area contributed by atoms with Crippen molar-refractivity contribution in [2.45, 2.75) is 0 Å². The molecule has 1 aromatic rings. The molecule has 0 aliphatic heterocycles. The second-order valence-corrected chi connectivity index (χ2v) is 5.83. The molecule has 0 saturated carbocycles. The van der Waals surface area contributed by atoms with E-state index < -0.39 is 11.3 Å². The third-order valence-corrected chi connectivity index (χ3v) is 3.10. The minimum Gasteiger partial charge on any atom is -0.351 e. The zero-order valence-electron chi connectivity index (χ0n) is 6.45. The van der Waals surface area contributed by atoms with Crippen molar-refractivity contribution in [1.29, 1.82) is 0 Å². The van der Waals surface area contributed by atoms with E-state index in [4.69, 9.17) is 5.50 Å². The molecule has 0 bridgehead atoms. The number of nitro groups is 1. The van der Waals surface area contributed by atoms with Crippen LogP contribution in [0, 0.1) is 10.1 Å². The molecule has 7 heteroatoms. The summed E-state index contributed by atoms with van der Waals surface area (Å²) in [7, 11) is 0. The van der Waals surface area contributed by atoms with Gasteiger partial charge in [0.2, 0.25) is 0 Å². The summed E-state index contributed by atoms with van der Waals surface area (Å²) in [5, 5.41) is 10.6. The van der Waals surface area contributed by atoms with E-state index in [0.717, 1.165) is 0 Å². The molecule has 1 atom stereocenters. The monoisotopic (exact) mass is 218 g/mol. The molecular weight excluding hydrogens is 211 g/mol. The van der Waals surface area contributed by atoms with Gasteiger partial charge < -0.3 is 4.89 Å². The highest BCUT2D eigenvalue weighted by Gasteiger charge is 2.11. The van der Waals surface area contributed by atoms with Crippen molar-refractivity contribution in [2.75, 3.05) is 0 Å². The van der Waals surface area contributed by atoms with E-state index in [1.165, 1.54) is 24.3 Å². The number of benzene rings is 1. The van der Waals surface area contributed by atoms with Crippen molar-refractivity contribution >= 4 is 29.2 Å². The molecule has 0 aliphatic carbocycles. The highest BCUT2D eigenvalue weighted by atomic mass is 32.4. The van der Waals surface area contributed by atoms with Gasteiger partial charge in [-0.15, -0.1) is 0 Å². The maximum Gasteiger partial charge on any atom is 0.269 e. The summed E-state index contributed by atoms with van der Waals surface area (Å²) in [6, 6.07) is 5.27. The Morgan fingerprint density at radius 1 is 1.46 bits per heavy atom. The maximum absolute atomic E-state index is 10.3. The lowest BCUT2D eigenvalue weighted by Gasteiger charge is -2.07. The van der Waals surface area contributed by atoms with Crippen molar-refractivity contribution in [2.24, 2.45) is 5.50 Å². The highest BCUT2D eigenvalue weighted by molar-refractivity contribution is 8.14. The predicted molar refractivity (Wildman–Crippen MR) is 53.4 cm³/mol. The minimum absolute atomic E-state index is 0.0489. The summed E-state index contributed by atoms with van der Waals surface area (Å²) in [5.74, 6) is 0. The summed E-state index contributed by atoms with van der Waals surface area (Å²) < 4.78 is 0. The highest BCUT2D eigenvalue weighted by Crippen LogP contribution is 2.29. The first-order valence-electron chi connectivity index (χ1n) is 3.27. The molecule has 70 valence electrons. The van der Waals surface area contributed by atoms with Crippen LogP contribution in [0.25, 0.3) is 0 Å². The molecule has 0 amide bonds. The van der Waals surface area contributed by atoms with Gasteiger partial charge in [0.05, 0.1) is 4.92 Å². The largest absolute Gasteiger partial charge is 0.351 e. The number of nitrogens with two attached hydrogens (primary N) is 1. The van der Waals surface area contributed by atoms with Crippen LogP contribution in [0.15, 0.2) is 24.3 Å². The van der Waals surface area contributed by atoms with Crippen molar-refractivity contribution in [1.82, 2.24) is 0 Å². The molecule has 0 fully saturated rings. The summed E-state index contributed by atoms with van der Waals surface area (Å²) in [5.41, 5.74) is 5.25. The summed E-state index contributed by atoms with van der Waals surface area (Å²) in [4.78, 5) is 19.0. The number of nitrogens with zero attached hydrogens (tertiary/aromatic N) is 1. The van der Waals surface area contributed by atoms with Gasteiger partial charge in [0.15, 0.2) is 6.42 Å². The molecule has 0 aromatic heterocycles. The van der Waals surface area contributed by atoms with Crippen LogP contribution in [0.4, 0.5) is 5.69 Å². The van der Waals surface area contributed by atoms with Crippen LogP contribution in [0.1, 0.15) is 0 Å². The van der Waals surface area contributed by atoms with Gasteiger partial charge in [-0.25, -0.2) is 0 Å². The first kappa shape index (κ1) is 10.3. The van der Waals surface area contributed by atoms with E-state index >= 15 is 0 Å². The Balaban J connectivity index is 3.08. The standard InChI is InChI=1S/C6H7N2O3PS/c7-12(11,13)6-3-1-5(2-4-6)8(9)10/h1-4H,(H3,7,11,13). The Kier molecular flexibility index (Phi) is 2.77. The molecule has 0 radical (unpaired) electrons. The summed E-state index contributed by atoms with van der Waals surface area (Å²) >= 11 is 4.63. The van der Waals surface area contributed by atoms with Crippen LogP contribution in [-0.4, -0.2) is 9.82 Å². The van der Waals surface area contributed by atoms with Crippen molar-refractivity contribution < 1.29 is 9.82 Å². The first-order valence-corrected chi connectivity index (χ1v) is 6.10. The van der Waals surface area contributed by atoms with Gasteiger partial charge in [0, 0.05) is 17.4 Å². The lowest BCUT2D eigenvalue weighted by atomic mass is 10.3. The van der Waals surface area contributed by atoms with E-state index in [2.05, 4.69) is 11.8 Å². The van der Waals surface area contributed by atoms with Crippen LogP contribution in [0.5, 0.6) is 0 Å². The predicted octanol–water partition coefficient (Wildman–Crippen LogP) is 0.481. The topological polar surface area (TPSA) is 89.4 Å². The number of hydrogen-bond donors (Lipinski definition) is 2. The van der Waals surface area contributed by atoms with Crippen molar-refractivity contribution in [3.8, 4) is 0 Å². The zero-order chi connectivity index (χ0) is 10.1. The average molecular weight is 218 g/mol. The molecule has 0 spiro atoms. The SMILES string of the molecule is NP(O)(=S)c1ccc([N+](=O)[O-])cc1. The van der Waals surface area contributed by atoms with Crippen molar-refractivity contribution in [3.63, 3.8) is 0 Å². The van der Waals surface area contributed by atoms with Crippen LogP contribution >= 0.6 is 6.42 Å². The molecule has 5 nitrogen and oxygen atoms in total. The molecule has 0 heterocycles. The van der Waals surface area contributed by atoms with Gasteiger partial charge in [-0.3, -0.25) is 15.6 Å². The van der Waals surface area contributed by atoms with E-state index in [1.54, 1.807) is 0 Å². The fourth-order valence-corrected chi connectivity index (χ4v) is 1.73. The second-order valence-electron chi connectivity index (χ2n) is 2.40. The molecule has 1 rings (SSSR count). The van der Waals surface area contributed by atoms with Gasteiger partial charge in [0.25, 0.3) is 5.69 Å². The minimum atomic E-state index is -2.96. The normalized spacial score (nSPS) is 14.9. The van der Waals surface area contributed by atoms with Crippen LogP contribution in [0.3, 0.4) is 0 Å². The Labute approximate surface area is 79.5 Å². The van der Waals surface area contributed by atoms with Crippen LogP contribution < -0.4 is 10.8 Å². The van der Waals surface area contributed by atoms with Gasteiger partial charge in [-0.1, -0.05) is 0 Å².